The highest BCUT2D eigenvalue weighted by molar-refractivity contribution is 8.00. The molecule has 3 aromatic rings. The molecule has 0 aliphatic carbocycles. The van der Waals surface area contributed by atoms with E-state index in [-0.39, 0.29) is 23.8 Å². The van der Waals surface area contributed by atoms with Crippen molar-refractivity contribution in [1.82, 2.24) is 0 Å². The minimum Gasteiger partial charge on any atom is -0.484 e. The maximum Gasteiger partial charge on any atom is 0.262 e. The summed E-state index contributed by atoms with van der Waals surface area (Å²) >= 11 is 13.6. The molecule has 3 aromatic carbocycles. The standard InChI is InChI=1S/C24H20Cl2N2O3S/c1-15-5-8-18(12-21(15)26)27-22(29)13-31-20-4-2-3-16(11-20)24-28(23(30)14-32-24)19-9-6-17(25)7-10-19/h2-12,24H,13-14H2,1H3,(H,27,29)/t24-/m1/s1. The quantitative estimate of drug-likeness (QED) is 0.457. The van der Waals surface area contributed by atoms with Crippen molar-refractivity contribution in [2.75, 3.05) is 22.6 Å². The Morgan fingerprint density at radius 1 is 1.12 bits per heavy atom. The molecule has 0 aromatic heterocycles. The van der Waals surface area contributed by atoms with Crippen molar-refractivity contribution in [2.24, 2.45) is 0 Å². The van der Waals surface area contributed by atoms with Crippen LogP contribution in [0.2, 0.25) is 10.0 Å². The number of carbonyl (C=O) groups is 2. The molecule has 0 radical (unpaired) electrons. The average Bonchev–Trinajstić information content (AvgIpc) is 3.17. The zero-order valence-corrected chi connectivity index (χ0v) is 19.5. The van der Waals surface area contributed by atoms with Crippen LogP contribution < -0.4 is 15.0 Å². The second-order valence-corrected chi connectivity index (χ2v) is 9.19. The molecule has 1 N–H and O–H groups in total. The molecule has 1 aliphatic rings. The van der Waals surface area contributed by atoms with Gasteiger partial charge in [0.25, 0.3) is 5.91 Å². The zero-order valence-electron chi connectivity index (χ0n) is 17.2. The van der Waals surface area contributed by atoms with Crippen molar-refractivity contribution in [3.8, 4) is 5.75 Å². The van der Waals surface area contributed by atoms with Crippen LogP contribution >= 0.6 is 35.0 Å². The van der Waals surface area contributed by atoms with Crippen LogP contribution in [0, 0.1) is 6.92 Å². The molecular formula is C24H20Cl2N2O3S. The van der Waals surface area contributed by atoms with Crippen LogP contribution in [0.1, 0.15) is 16.5 Å². The number of aryl methyl sites for hydroxylation is 1. The van der Waals surface area contributed by atoms with E-state index >= 15 is 0 Å². The summed E-state index contributed by atoms with van der Waals surface area (Å²) in [5, 5.41) is 3.79. The Hall–Kier alpha value is -2.67. The molecule has 0 saturated carbocycles. The molecule has 0 unspecified atom stereocenters. The number of hydrogen-bond donors (Lipinski definition) is 1. The molecule has 1 fully saturated rings. The van der Waals surface area contributed by atoms with Crippen molar-refractivity contribution >= 4 is 58.2 Å². The average molecular weight is 487 g/mol. The zero-order chi connectivity index (χ0) is 22.7. The number of anilines is 2. The fourth-order valence-corrected chi connectivity index (χ4v) is 4.80. The highest BCUT2D eigenvalue weighted by Crippen LogP contribution is 2.42. The fourth-order valence-electron chi connectivity index (χ4n) is 3.33. The minimum absolute atomic E-state index is 0.0322. The van der Waals surface area contributed by atoms with E-state index in [2.05, 4.69) is 5.32 Å². The van der Waals surface area contributed by atoms with Crippen LogP contribution in [0.15, 0.2) is 66.7 Å². The molecular weight excluding hydrogens is 467 g/mol. The predicted octanol–water partition coefficient (Wildman–Crippen LogP) is 6.10. The Kier molecular flexibility index (Phi) is 6.94. The summed E-state index contributed by atoms with van der Waals surface area (Å²) in [5.74, 6) is 0.684. The number of nitrogens with zero attached hydrogens (tertiary/aromatic N) is 1. The minimum atomic E-state index is -0.288. The molecule has 2 amide bonds. The van der Waals surface area contributed by atoms with E-state index in [1.54, 1.807) is 47.0 Å². The van der Waals surface area contributed by atoms with Gasteiger partial charge in [0, 0.05) is 21.4 Å². The molecule has 32 heavy (non-hydrogen) atoms. The highest BCUT2D eigenvalue weighted by Gasteiger charge is 2.34. The second-order valence-electron chi connectivity index (χ2n) is 7.28. The molecule has 0 spiro atoms. The number of ether oxygens (including phenoxy) is 1. The first-order valence-electron chi connectivity index (χ1n) is 9.89. The van der Waals surface area contributed by atoms with E-state index in [0.29, 0.717) is 27.2 Å². The van der Waals surface area contributed by atoms with Crippen molar-refractivity contribution in [1.29, 1.82) is 0 Å². The molecule has 4 rings (SSSR count). The van der Waals surface area contributed by atoms with Crippen molar-refractivity contribution < 1.29 is 14.3 Å². The number of amides is 2. The van der Waals surface area contributed by atoms with Crippen molar-refractivity contribution in [3.63, 3.8) is 0 Å². The van der Waals surface area contributed by atoms with E-state index in [4.69, 9.17) is 27.9 Å². The van der Waals surface area contributed by atoms with Crippen LogP contribution in [0.3, 0.4) is 0 Å². The van der Waals surface area contributed by atoms with Crippen LogP contribution in [-0.2, 0) is 9.59 Å². The molecule has 0 bridgehead atoms. The molecule has 164 valence electrons. The van der Waals surface area contributed by atoms with Crippen LogP contribution in [0.4, 0.5) is 11.4 Å². The lowest BCUT2D eigenvalue weighted by Gasteiger charge is -2.24. The molecule has 1 atom stereocenters. The molecule has 5 nitrogen and oxygen atoms in total. The van der Waals surface area contributed by atoms with E-state index in [1.807, 2.05) is 43.3 Å². The Labute approximate surface area is 200 Å². The van der Waals surface area contributed by atoms with E-state index in [9.17, 15) is 9.59 Å². The first-order valence-corrected chi connectivity index (χ1v) is 11.7. The predicted molar refractivity (Wildman–Crippen MR) is 131 cm³/mol. The molecule has 1 heterocycles. The van der Waals surface area contributed by atoms with Gasteiger partial charge in [0.2, 0.25) is 5.91 Å². The summed E-state index contributed by atoms with van der Waals surface area (Å²) in [6.45, 7) is 1.75. The monoisotopic (exact) mass is 486 g/mol. The maximum atomic E-state index is 12.5. The van der Waals surface area contributed by atoms with Crippen LogP contribution in [0.25, 0.3) is 0 Å². The van der Waals surface area contributed by atoms with Gasteiger partial charge in [-0.1, -0.05) is 41.4 Å². The second kappa shape index (κ2) is 9.86. The van der Waals surface area contributed by atoms with Gasteiger partial charge in [-0.25, -0.2) is 0 Å². The van der Waals surface area contributed by atoms with Crippen LogP contribution in [-0.4, -0.2) is 24.2 Å². The van der Waals surface area contributed by atoms with Gasteiger partial charge in [-0.05, 0) is 66.6 Å². The summed E-state index contributed by atoms with van der Waals surface area (Å²) < 4.78 is 5.70. The summed E-state index contributed by atoms with van der Waals surface area (Å²) in [7, 11) is 0. The third kappa shape index (κ3) is 5.21. The van der Waals surface area contributed by atoms with Crippen molar-refractivity contribution in [2.45, 2.75) is 12.3 Å². The van der Waals surface area contributed by atoms with Gasteiger partial charge in [0.1, 0.15) is 11.1 Å². The van der Waals surface area contributed by atoms with Gasteiger partial charge in [0.05, 0.1) is 5.75 Å². The van der Waals surface area contributed by atoms with Crippen LogP contribution in [0.5, 0.6) is 5.75 Å². The number of benzene rings is 3. The lowest BCUT2D eigenvalue weighted by Crippen LogP contribution is -2.27. The van der Waals surface area contributed by atoms with Gasteiger partial charge in [0.15, 0.2) is 6.61 Å². The van der Waals surface area contributed by atoms with Gasteiger partial charge < -0.3 is 10.1 Å². The Morgan fingerprint density at radius 2 is 1.91 bits per heavy atom. The van der Waals surface area contributed by atoms with Gasteiger partial charge in [-0.2, -0.15) is 0 Å². The SMILES string of the molecule is Cc1ccc(NC(=O)COc2cccc([C@H]3SCC(=O)N3c3ccc(Cl)cc3)c2)cc1Cl. The third-order valence-electron chi connectivity index (χ3n) is 4.94. The number of halogens is 2. The number of rotatable bonds is 6. The Morgan fingerprint density at radius 3 is 2.66 bits per heavy atom. The fraction of sp³-hybridized carbons (Fsp3) is 0.167. The normalized spacial score (nSPS) is 15.7. The van der Waals surface area contributed by atoms with Gasteiger partial charge >= 0.3 is 0 Å². The lowest BCUT2D eigenvalue weighted by atomic mass is 10.1. The number of hydrogen-bond acceptors (Lipinski definition) is 4. The van der Waals surface area contributed by atoms with E-state index in [0.717, 1.165) is 16.8 Å². The molecule has 8 heteroatoms. The largest absolute Gasteiger partial charge is 0.484 e. The third-order valence-corrected chi connectivity index (χ3v) is 6.81. The highest BCUT2D eigenvalue weighted by atomic mass is 35.5. The van der Waals surface area contributed by atoms with E-state index < -0.39 is 0 Å². The number of nitrogens with one attached hydrogen (secondary N) is 1. The lowest BCUT2D eigenvalue weighted by molar-refractivity contribution is -0.118. The van der Waals surface area contributed by atoms with Gasteiger partial charge in [-0.3, -0.25) is 14.5 Å². The van der Waals surface area contributed by atoms with Gasteiger partial charge in [-0.15, -0.1) is 11.8 Å². The summed E-state index contributed by atoms with van der Waals surface area (Å²) in [6.07, 6.45) is 0. The topological polar surface area (TPSA) is 58.6 Å². The maximum absolute atomic E-state index is 12.5. The van der Waals surface area contributed by atoms with E-state index in [1.165, 1.54) is 0 Å². The Bertz CT molecular complexity index is 1150. The molecule has 1 saturated heterocycles. The number of thioether (sulfide) groups is 1. The number of carbonyl (C=O) groups excluding carboxylic acids is 2. The first kappa shape index (κ1) is 22.5. The van der Waals surface area contributed by atoms with Crippen molar-refractivity contribution in [3.05, 3.63) is 87.9 Å². The first-order chi connectivity index (χ1) is 15.4. The molecule has 1 aliphatic heterocycles. The Balaban J connectivity index is 1.43. The summed E-state index contributed by atoms with van der Waals surface area (Å²) in [4.78, 5) is 26.6. The summed E-state index contributed by atoms with van der Waals surface area (Å²) in [6, 6.07) is 20.0. The smallest absolute Gasteiger partial charge is 0.262 e. The summed E-state index contributed by atoms with van der Waals surface area (Å²) in [5.41, 5.74) is 3.26.